The van der Waals surface area contributed by atoms with Crippen LogP contribution >= 0.6 is 0 Å². The van der Waals surface area contributed by atoms with Crippen LogP contribution in [0.5, 0.6) is 0 Å². The summed E-state index contributed by atoms with van der Waals surface area (Å²) in [5.41, 5.74) is 4.17. The zero-order valence-corrected chi connectivity index (χ0v) is 13.6. The lowest BCUT2D eigenvalue weighted by Gasteiger charge is -2.12. The van der Waals surface area contributed by atoms with Crippen LogP contribution < -0.4 is 5.32 Å². The molecule has 0 aliphatic heterocycles. The number of aryl methyl sites for hydroxylation is 2. The molecule has 1 N–H and O–H groups in total. The van der Waals surface area contributed by atoms with Crippen LogP contribution in [0.4, 0.5) is 5.82 Å². The molecule has 0 aliphatic rings. The first-order chi connectivity index (χ1) is 10.0. The summed E-state index contributed by atoms with van der Waals surface area (Å²) in [5.74, 6) is 1.95. The van der Waals surface area contributed by atoms with Crippen LogP contribution in [0.25, 0.3) is 11.5 Å². The number of rotatable bonds is 5. The lowest BCUT2D eigenvalue weighted by molar-refractivity contribution is 0.814. The summed E-state index contributed by atoms with van der Waals surface area (Å²) in [6.07, 6.45) is 2.94. The second kappa shape index (κ2) is 6.66. The van der Waals surface area contributed by atoms with Crippen molar-refractivity contribution in [2.24, 2.45) is 0 Å². The molecule has 0 aliphatic carbocycles. The molecule has 0 amide bonds. The highest BCUT2D eigenvalue weighted by molar-refractivity contribution is 5.57. The number of nitrogens with zero attached hydrogens (tertiary/aromatic N) is 3. The van der Waals surface area contributed by atoms with Gasteiger partial charge in [0.2, 0.25) is 0 Å². The van der Waals surface area contributed by atoms with E-state index >= 15 is 0 Å². The van der Waals surface area contributed by atoms with Crippen molar-refractivity contribution in [2.45, 2.75) is 47.0 Å². The van der Waals surface area contributed by atoms with E-state index in [0.29, 0.717) is 11.7 Å². The SMILES string of the molecule is CCCNc1cc(C(C)C)nc(-c2ncc(C)cc2C)n1. The third-order valence-electron chi connectivity index (χ3n) is 3.32. The van der Waals surface area contributed by atoms with E-state index in [-0.39, 0.29) is 0 Å². The third kappa shape index (κ3) is 3.78. The predicted molar refractivity (Wildman–Crippen MR) is 87.6 cm³/mol. The summed E-state index contributed by atoms with van der Waals surface area (Å²) < 4.78 is 0. The first-order valence-corrected chi connectivity index (χ1v) is 7.57. The molecule has 0 atom stereocenters. The molecule has 2 heterocycles. The van der Waals surface area contributed by atoms with Gasteiger partial charge < -0.3 is 5.32 Å². The molecule has 0 aromatic carbocycles. The minimum atomic E-state index is 0.361. The summed E-state index contributed by atoms with van der Waals surface area (Å²) in [6.45, 7) is 11.4. The number of pyridine rings is 1. The number of aromatic nitrogens is 3. The summed E-state index contributed by atoms with van der Waals surface area (Å²) in [4.78, 5) is 13.8. The average Bonchev–Trinajstić information content (AvgIpc) is 2.44. The Hall–Kier alpha value is -1.97. The Kier molecular flexibility index (Phi) is 4.89. The highest BCUT2D eigenvalue weighted by Gasteiger charge is 2.12. The third-order valence-corrected chi connectivity index (χ3v) is 3.32. The van der Waals surface area contributed by atoms with E-state index in [1.165, 1.54) is 0 Å². The minimum absolute atomic E-state index is 0.361. The van der Waals surface area contributed by atoms with E-state index in [2.05, 4.69) is 54.0 Å². The molecule has 2 rings (SSSR count). The molecule has 2 aromatic heterocycles. The molecule has 0 saturated heterocycles. The maximum Gasteiger partial charge on any atom is 0.180 e. The van der Waals surface area contributed by atoms with Crippen LogP contribution in [0.15, 0.2) is 18.3 Å². The van der Waals surface area contributed by atoms with Crippen LogP contribution in [-0.4, -0.2) is 21.5 Å². The molecule has 0 spiro atoms. The van der Waals surface area contributed by atoms with E-state index in [1.807, 2.05) is 19.2 Å². The van der Waals surface area contributed by atoms with Crippen molar-refractivity contribution >= 4 is 5.82 Å². The Labute approximate surface area is 127 Å². The van der Waals surface area contributed by atoms with Gasteiger partial charge in [-0.2, -0.15) is 0 Å². The number of hydrogen-bond donors (Lipinski definition) is 1. The van der Waals surface area contributed by atoms with Crippen molar-refractivity contribution in [3.05, 3.63) is 35.2 Å². The molecular weight excluding hydrogens is 260 g/mol. The van der Waals surface area contributed by atoms with E-state index in [0.717, 1.165) is 41.3 Å². The van der Waals surface area contributed by atoms with Gasteiger partial charge in [-0.25, -0.2) is 9.97 Å². The van der Waals surface area contributed by atoms with E-state index in [9.17, 15) is 0 Å². The Bertz CT molecular complexity index is 620. The van der Waals surface area contributed by atoms with Crippen molar-refractivity contribution in [2.75, 3.05) is 11.9 Å². The average molecular weight is 284 g/mol. The van der Waals surface area contributed by atoms with Crippen molar-refractivity contribution < 1.29 is 0 Å². The fourth-order valence-corrected chi connectivity index (χ4v) is 2.16. The maximum atomic E-state index is 4.69. The minimum Gasteiger partial charge on any atom is -0.370 e. The number of anilines is 1. The Balaban J connectivity index is 2.48. The zero-order chi connectivity index (χ0) is 15.4. The molecule has 0 saturated carbocycles. The zero-order valence-electron chi connectivity index (χ0n) is 13.6. The van der Waals surface area contributed by atoms with Gasteiger partial charge in [-0.15, -0.1) is 0 Å². The van der Waals surface area contributed by atoms with E-state index in [1.54, 1.807) is 0 Å². The Morgan fingerprint density at radius 3 is 2.52 bits per heavy atom. The molecule has 2 aromatic rings. The molecule has 112 valence electrons. The normalized spacial score (nSPS) is 11.0. The summed E-state index contributed by atoms with van der Waals surface area (Å²) in [7, 11) is 0. The largest absolute Gasteiger partial charge is 0.370 e. The van der Waals surface area contributed by atoms with Crippen molar-refractivity contribution in [3.8, 4) is 11.5 Å². The van der Waals surface area contributed by atoms with E-state index in [4.69, 9.17) is 0 Å². The fourth-order valence-electron chi connectivity index (χ4n) is 2.16. The van der Waals surface area contributed by atoms with Gasteiger partial charge in [-0.1, -0.05) is 26.8 Å². The topological polar surface area (TPSA) is 50.7 Å². The Morgan fingerprint density at radius 2 is 1.90 bits per heavy atom. The van der Waals surface area contributed by atoms with Crippen molar-refractivity contribution in [1.82, 2.24) is 15.0 Å². The summed E-state index contributed by atoms with van der Waals surface area (Å²) in [5, 5.41) is 3.35. The van der Waals surface area contributed by atoms with Gasteiger partial charge in [0, 0.05) is 24.5 Å². The Morgan fingerprint density at radius 1 is 1.14 bits per heavy atom. The fraction of sp³-hybridized carbons (Fsp3) is 0.471. The number of nitrogens with one attached hydrogen (secondary N) is 1. The van der Waals surface area contributed by atoms with Gasteiger partial charge in [-0.05, 0) is 37.3 Å². The van der Waals surface area contributed by atoms with Crippen molar-refractivity contribution in [1.29, 1.82) is 0 Å². The molecule has 0 radical (unpaired) electrons. The summed E-state index contributed by atoms with van der Waals surface area (Å²) in [6, 6.07) is 4.15. The molecular formula is C17H24N4. The van der Waals surface area contributed by atoms with Gasteiger partial charge in [0.15, 0.2) is 5.82 Å². The van der Waals surface area contributed by atoms with Crippen LogP contribution in [0.1, 0.15) is 49.9 Å². The molecule has 4 heteroatoms. The lowest BCUT2D eigenvalue weighted by atomic mass is 10.1. The van der Waals surface area contributed by atoms with Gasteiger partial charge >= 0.3 is 0 Å². The molecule has 0 fully saturated rings. The van der Waals surface area contributed by atoms with Gasteiger partial charge in [-0.3, -0.25) is 4.98 Å². The maximum absolute atomic E-state index is 4.69. The van der Waals surface area contributed by atoms with Crippen LogP contribution in [0.3, 0.4) is 0 Å². The van der Waals surface area contributed by atoms with Gasteiger partial charge in [0.05, 0.1) is 0 Å². The lowest BCUT2D eigenvalue weighted by Crippen LogP contribution is -2.07. The second-order valence-corrected chi connectivity index (χ2v) is 5.76. The van der Waals surface area contributed by atoms with Gasteiger partial charge in [0.25, 0.3) is 0 Å². The predicted octanol–water partition coefficient (Wildman–Crippen LogP) is 4.10. The molecule has 0 bridgehead atoms. The standard InChI is InChI=1S/C17H24N4/c1-6-7-18-15-9-14(11(2)3)20-17(21-15)16-13(5)8-12(4)10-19-16/h8-11H,6-7H2,1-5H3,(H,18,20,21). The second-order valence-electron chi connectivity index (χ2n) is 5.76. The monoisotopic (exact) mass is 284 g/mol. The van der Waals surface area contributed by atoms with E-state index < -0.39 is 0 Å². The van der Waals surface area contributed by atoms with Gasteiger partial charge in [0.1, 0.15) is 11.5 Å². The quantitative estimate of drug-likeness (QED) is 0.898. The molecule has 4 nitrogen and oxygen atoms in total. The van der Waals surface area contributed by atoms with Crippen LogP contribution in [0.2, 0.25) is 0 Å². The summed E-state index contributed by atoms with van der Waals surface area (Å²) >= 11 is 0. The van der Waals surface area contributed by atoms with Crippen LogP contribution in [-0.2, 0) is 0 Å². The molecule has 21 heavy (non-hydrogen) atoms. The van der Waals surface area contributed by atoms with Crippen molar-refractivity contribution in [3.63, 3.8) is 0 Å². The van der Waals surface area contributed by atoms with Crippen LogP contribution in [0, 0.1) is 13.8 Å². The first kappa shape index (κ1) is 15.4. The highest BCUT2D eigenvalue weighted by atomic mass is 15.0. The first-order valence-electron chi connectivity index (χ1n) is 7.57. The smallest absolute Gasteiger partial charge is 0.180 e. The highest BCUT2D eigenvalue weighted by Crippen LogP contribution is 2.23. The molecule has 0 unspecified atom stereocenters. The number of hydrogen-bond acceptors (Lipinski definition) is 4.